The molecule has 3 aromatic rings. The molecule has 6 heteroatoms. The van der Waals surface area contributed by atoms with Crippen molar-refractivity contribution in [3.8, 4) is 11.5 Å². The van der Waals surface area contributed by atoms with Crippen LogP contribution in [0.3, 0.4) is 0 Å². The van der Waals surface area contributed by atoms with E-state index in [2.05, 4.69) is 59.0 Å². The van der Waals surface area contributed by atoms with Crippen LogP contribution in [0.5, 0.6) is 11.5 Å². The summed E-state index contributed by atoms with van der Waals surface area (Å²) in [4.78, 5) is 25.6. The lowest BCUT2D eigenvalue weighted by Gasteiger charge is -2.30. The van der Waals surface area contributed by atoms with Crippen LogP contribution in [0.15, 0.2) is 60.7 Å². The lowest BCUT2D eigenvalue weighted by Crippen LogP contribution is -2.21. The van der Waals surface area contributed by atoms with Gasteiger partial charge in [-0.05, 0) is 84.2 Å². The van der Waals surface area contributed by atoms with E-state index in [1.807, 2.05) is 13.0 Å². The molecule has 0 aromatic heterocycles. The number of rotatable bonds is 12. The Morgan fingerprint density at radius 1 is 0.825 bits per heavy atom. The summed E-state index contributed by atoms with van der Waals surface area (Å²) >= 11 is 0. The van der Waals surface area contributed by atoms with E-state index in [1.54, 1.807) is 42.5 Å². The van der Waals surface area contributed by atoms with Gasteiger partial charge in [0.2, 0.25) is 0 Å². The molecule has 3 N–H and O–H groups in total. The zero-order valence-corrected chi connectivity index (χ0v) is 25.0. The Hall–Kier alpha value is -3.80. The van der Waals surface area contributed by atoms with E-state index in [9.17, 15) is 9.59 Å². The van der Waals surface area contributed by atoms with Crippen molar-refractivity contribution in [2.45, 2.75) is 85.0 Å². The summed E-state index contributed by atoms with van der Waals surface area (Å²) in [5, 5.41) is 2.90. The number of anilines is 2. The minimum absolute atomic E-state index is 0.0329. The molecule has 0 unspecified atom stereocenters. The maximum atomic E-state index is 13.4. The molecule has 40 heavy (non-hydrogen) atoms. The molecule has 0 fully saturated rings. The summed E-state index contributed by atoms with van der Waals surface area (Å²) in [5.74, 6) is 0.392. The van der Waals surface area contributed by atoms with Crippen LogP contribution in [0.1, 0.15) is 106 Å². The Bertz CT molecular complexity index is 1330. The number of nitrogens with two attached hydrogens (primary N) is 1. The Kier molecular flexibility index (Phi) is 10.0. The molecule has 0 radical (unpaired) electrons. The molecule has 0 atom stereocenters. The monoisotopic (exact) mass is 544 g/mol. The van der Waals surface area contributed by atoms with Gasteiger partial charge in [0.15, 0.2) is 0 Å². The molecule has 1 amide bonds. The SMILES string of the molecule is CCCCOC(=O)c1ccc(NC(=O)c2cc(N)ccc2Oc2ccc(C(C)(C)CC)cc2C(C)(C)CC)cc1. The fraction of sp³-hybridized carbons (Fsp3) is 0.412. The van der Waals surface area contributed by atoms with Crippen molar-refractivity contribution in [1.82, 2.24) is 0 Å². The van der Waals surface area contributed by atoms with Gasteiger partial charge in [-0.1, -0.05) is 67.0 Å². The largest absolute Gasteiger partial charge is 0.462 e. The molecular formula is C34H44N2O4. The van der Waals surface area contributed by atoms with E-state index < -0.39 is 0 Å². The average Bonchev–Trinajstić information content (AvgIpc) is 2.94. The quantitative estimate of drug-likeness (QED) is 0.135. The summed E-state index contributed by atoms with van der Waals surface area (Å²) in [6.45, 7) is 15.7. The lowest BCUT2D eigenvalue weighted by molar-refractivity contribution is 0.0499. The van der Waals surface area contributed by atoms with Crippen molar-refractivity contribution in [3.05, 3.63) is 82.9 Å². The van der Waals surface area contributed by atoms with E-state index in [1.165, 1.54) is 5.56 Å². The van der Waals surface area contributed by atoms with Gasteiger partial charge in [-0.3, -0.25) is 4.79 Å². The van der Waals surface area contributed by atoms with Gasteiger partial charge in [0.1, 0.15) is 11.5 Å². The first-order valence-corrected chi connectivity index (χ1v) is 14.2. The predicted octanol–water partition coefficient (Wildman–Crippen LogP) is 8.65. The molecule has 0 spiro atoms. The molecule has 0 bridgehead atoms. The summed E-state index contributed by atoms with van der Waals surface area (Å²) in [7, 11) is 0. The first kappa shape index (κ1) is 30.7. The Morgan fingerprint density at radius 3 is 2.10 bits per heavy atom. The minimum Gasteiger partial charge on any atom is -0.462 e. The number of unbranched alkanes of at least 4 members (excludes halogenated alkanes) is 1. The third kappa shape index (κ3) is 7.44. The molecule has 0 aliphatic heterocycles. The van der Waals surface area contributed by atoms with Gasteiger partial charge in [0.05, 0.1) is 17.7 Å². The van der Waals surface area contributed by atoms with E-state index in [0.29, 0.717) is 40.6 Å². The number of benzene rings is 3. The first-order chi connectivity index (χ1) is 18.9. The molecule has 6 nitrogen and oxygen atoms in total. The predicted molar refractivity (Wildman–Crippen MR) is 164 cm³/mol. The summed E-state index contributed by atoms with van der Waals surface area (Å²) in [6.07, 6.45) is 3.72. The van der Waals surface area contributed by atoms with Crippen LogP contribution in [0.2, 0.25) is 0 Å². The van der Waals surface area contributed by atoms with Crippen molar-refractivity contribution in [3.63, 3.8) is 0 Å². The highest BCUT2D eigenvalue weighted by Gasteiger charge is 2.27. The van der Waals surface area contributed by atoms with Crippen LogP contribution in [0.25, 0.3) is 0 Å². The minimum atomic E-state index is -0.378. The van der Waals surface area contributed by atoms with Crippen LogP contribution in [0.4, 0.5) is 11.4 Å². The number of nitrogen functional groups attached to an aromatic ring is 1. The topological polar surface area (TPSA) is 90.7 Å². The normalized spacial score (nSPS) is 11.7. The first-order valence-electron chi connectivity index (χ1n) is 14.2. The summed E-state index contributed by atoms with van der Waals surface area (Å²) < 4.78 is 11.7. The second kappa shape index (κ2) is 13.0. The smallest absolute Gasteiger partial charge is 0.338 e. The molecule has 0 heterocycles. The maximum absolute atomic E-state index is 13.4. The molecular weight excluding hydrogens is 500 g/mol. The van der Waals surface area contributed by atoms with Crippen molar-refractivity contribution >= 4 is 23.3 Å². The second-order valence-electron chi connectivity index (χ2n) is 11.6. The van der Waals surface area contributed by atoms with Crippen molar-refractivity contribution < 1.29 is 19.1 Å². The molecule has 3 rings (SSSR count). The van der Waals surface area contributed by atoms with Crippen LogP contribution in [-0.4, -0.2) is 18.5 Å². The Morgan fingerprint density at radius 2 is 1.48 bits per heavy atom. The van der Waals surface area contributed by atoms with Crippen molar-refractivity contribution in [2.24, 2.45) is 0 Å². The maximum Gasteiger partial charge on any atom is 0.338 e. The van der Waals surface area contributed by atoms with Crippen molar-refractivity contribution in [1.29, 1.82) is 0 Å². The van der Waals surface area contributed by atoms with Crippen molar-refractivity contribution in [2.75, 3.05) is 17.7 Å². The number of hydrogen-bond acceptors (Lipinski definition) is 5. The van der Waals surface area contributed by atoms with Gasteiger partial charge in [0.25, 0.3) is 5.91 Å². The third-order valence-electron chi connectivity index (χ3n) is 7.84. The number of carbonyl (C=O) groups excluding carboxylic acids is 2. The summed E-state index contributed by atoms with van der Waals surface area (Å²) in [6, 6.07) is 18.1. The van der Waals surface area contributed by atoms with Gasteiger partial charge in [-0.2, -0.15) is 0 Å². The Labute approximate surface area is 239 Å². The van der Waals surface area contributed by atoms with Gasteiger partial charge in [-0.25, -0.2) is 4.79 Å². The highest BCUT2D eigenvalue weighted by atomic mass is 16.5. The van der Waals surface area contributed by atoms with Gasteiger partial charge < -0.3 is 20.5 Å². The van der Waals surface area contributed by atoms with Crippen LogP contribution in [0, 0.1) is 0 Å². The highest BCUT2D eigenvalue weighted by Crippen LogP contribution is 2.41. The number of carbonyl (C=O) groups is 2. The van der Waals surface area contributed by atoms with E-state index in [-0.39, 0.29) is 22.7 Å². The third-order valence-corrected chi connectivity index (χ3v) is 7.84. The standard InChI is InChI=1S/C34H44N2O4/c1-8-11-20-39-32(38)23-12-16-26(17-13-23)36-31(37)27-22-25(35)15-19-29(27)40-30-18-14-24(33(4,5)9-2)21-28(30)34(6,7)10-3/h12-19,21-22H,8-11,20,35H2,1-7H3,(H,36,37). The average molecular weight is 545 g/mol. The molecule has 0 aliphatic rings. The number of hydrogen-bond donors (Lipinski definition) is 2. The zero-order chi connectivity index (χ0) is 29.5. The molecule has 214 valence electrons. The number of nitrogens with one attached hydrogen (secondary N) is 1. The van der Waals surface area contributed by atoms with E-state index >= 15 is 0 Å². The van der Waals surface area contributed by atoms with Gasteiger partial charge >= 0.3 is 5.97 Å². The van der Waals surface area contributed by atoms with Gasteiger partial charge in [0, 0.05) is 16.9 Å². The number of amides is 1. The van der Waals surface area contributed by atoms with Crippen LogP contribution >= 0.6 is 0 Å². The van der Waals surface area contributed by atoms with E-state index in [4.69, 9.17) is 15.2 Å². The fourth-order valence-corrected chi connectivity index (χ4v) is 4.18. The molecule has 0 aliphatic carbocycles. The highest BCUT2D eigenvalue weighted by molar-refractivity contribution is 6.07. The number of esters is 1. The van der Waals surface area contributed by atoms with Gasteiger partial charge in [-0.15, -0.1) is 0 Å². The number of ether oxygens (including phenoxy) is 2. The second-order valence-corrected chi connectivity index (χ2v) is 11.6. The van der Waals surface area contributed by atoms with E-state index in [0.717, 1.165) is 31.2 Å². The fourth-order valence-electron chi connectivity index (χ4n) is 4.18. The zero-order valence-electron chi connectivity index (χ0n) is 25.0. The van der Waals surface area contributed by atoms with Crippen LogP contribution < -0.4 is 15.8 Å². The molecule has 0 saturated heterocycles. The van der Waals surface area contributed by atoms with Crippen LogP contribution in [-0.2, 0) is 15.6 Å². The molecule has 3 aromatic carbocycles. The summed E-state index contributed by atoms with van der Waals surface area (Å²) in [5.41, 5.74) is 10.1. The lowest BCUT2D eigenvalue weighted by atomic mass is 9.76. The molecule has 0 saturated carbocycles. The Balaban J connectivity index is 1.89.